The van der Waals surface area contributed by atoms with Crippen LogP contribution in [0.25, 0.3) is 0 Å². The molecule has 2 nitrogen and oxygen atoms in total. The topological polar surface area (TPSA) is 28.7 Å². The molecule has 1 aromatic heterocycles. The number of nitrogens with zero attached hydrogens (tertiary/aromatic N) is 1. The van der Waals surface area contributed by atoms with Gasteiger partial charge >= 0.3 is 0 Å². The van der Waals surface area contributed by atoms with Crippen LogP contribution in [-0.2, 0) is 5.75 Å². The smallest absolute Gasteiger partial charge is 0.133 e. The molecule has 4 heteroatoms. The van der Waals surface area contributed by atoms with E-state index >= 15 is 0 Å². The molecule has 0 amide bonds. The molecule has 1 fully saturated rings. The van der Waals surface area contributed by atoms with Crippen LogP contribution in [0, 0.1) is 11.6 Å². The van der Waals surface area contributed by atoms with Crippen molar-refractivity contribution in [2.45, 2.75) is 69.8 Å². The predicted octanol–water partition coefficient (Wildman–Crippen LogP) is 5.14. The highest BCUT2D eigenvalue weighted by molar-refractivity contribution is 7.99. The molecule has 0 bridgehead atoms. The van der Waals surface area contributed by atoms with Crippen LogP contribution in [0.5, 0.6) is 0 Å². The van der Waals surface area contributed by atoms with Crippen LogP contribution in [0.15, 0.2) is 0 Å². The Kier molecular flexibility index (Phi) is 5.46. The Balaban J connectivity index is 2.03. The molecule has 1 heterocycles. The molecule has 1 saturated carbocycles. The molecule has 1 aliphatic carbocycles. The summed E-state index contributed by atoms with van der Waals surface area (Å²) in [5.41, 5.74) is 2.38. The molecule has 2 rings (SSSR count). The second kappa shape index (κ2) is 6.89. The minimum Gasteiger partial charge on any atom is -0.346 e. The number of H-pyrrole nitrogens is 1. The van der Waals surface area contributed by atoms with E-state index < -0.39 is 0 Å². The zero-order valence-corrected chi connectivity index (χ0v) is 13.8. The van der Waals surface area contributed by atoms with Gasteiger partial charge in [-0.25, -0.2) is 4.98 Å². The molecule has 0 aliphatic heterocycles. The van der Waals surface area contributed by atoms with Crippen molar-refractivity contribution in [2.75, 3.05) is 0 Å². The molecule has 0 saturated heterocycles. The van der Waals surface area contributed by atoms with Crippen molar-refractivity contribution in [1.82, 2.24) is 9.97 Å². The quantitative estimate of drug-likeness (QED) is 0.780. The molecule has 0 unspecified atom stereocenters. The molecule has 106 valence electrons. The number of hydrogen-bond donors (Lipinski definition) is 1. The monoisotopic (exact) mass is 296 g/mol. The van der Waals surface area contributed by atoms with E-state index in [1.807, 2.05) is 11.8 Å². The lowest BCUT2D eigenvalue weighted by Crippen LogP contribution is -2.10. The largest absolute Gasteiger partial charge is 0.346 e. The number of thioether (sulfide) groups is 1. The van der Waals surface area contributed by atoms with Gasteiger partial charge in [-0.15, -0.1) is 0 Å². The van der Waals surface area contributed by atoms with Crippen LogP contribution in [0.4, 0.5) is 0 Å². The van der Waals surface area contributed by atoms with Gasteiger partial charge in [-0.2, -0.15) is 11.8 Å². The Labute approximate surface area is 125 Å². The van der Waals surface area contributed by atoms with Crippen LogP contribution in [-0.4, -0.2) is 15.2 Å². The summed E-state index contributed by atoms with van der Waals surface area (Å²) in [5.74, 6) is 2.45. The van der Waals surface area contributed by atoms with E-state index in [-0.39, 0.29) is 0 Å². The minimum absolute atomic E-state index is 0.441. The van der Waals surface area contributed by atoms with Gasteiger partial charge in [0.15, 0.2) is 0 Å². The second-order valence-corrected chi connectivity index (χ2v) is 7.43. The van der Waals surface area contributed by atoms with Gasteiger partial charge in [0.25, 0.3) is 0 Å². The Morgan fingerprint density at radius 2 is 2.00 bits per heavy atom. The first-order chi connectivity index (χ1) is 9.08. The Morgan fingerprint density at radius 1 is 1.32 bits per heavy atom. The number of aromatic nitrogens is 2. The highest BCUT2D eigenvalue weighted by atomic mass is 32.2. The van der Waals surface area contributed by atoms with Crippen molar-refractivity contribution < 1.29 is 0 Å². The van der Waals surface area contributed by atoms with Gasteiger partial charge in [0.2, 0.25) is 0 Å². The van der Waals surface area contributed by atoms with Gasteiger partial charge in [-0.05, 0) is 25.7 Å². The molecule has 0 aromatic carbocycles. The van der Waals surface area contributed by atoms with Crippen LogP contribution < -0.4 is 0 Å². The number of aromatic amines is 1. The van der Waals surface area contributed by atoms with Crippen LogP contribution in [0.3, 0.4) is 0 Å². The van der Waals surface area contributed by atoms with E-state index in [4.69, 9.17) is 12.2 Å². The zero-order valence-electron chi connectivity index (χ0n) is 12.2. The molecule has 0 atom stereocenters. The third-order valence-corrected chi connectivity index (χ3v) is 5.48. The van der Waals surface area contributed by atoms with Gasteiger partial charge in [0.05, 0.1) is 5.75 Å². The summed E-state index contributed by atoms with van der Waals surface area (Å²) in [6, 6.07) is 0. The Morgan fingerprint density at radius 3 is 2.58 bits per heavy atom. The van der Waals surface area contributed by atoms with Crippen molar-refractivity contribution in [1.29, 1.82) is 0 Å². The molecule has 0 radical (unpaired) electrons. The average Bonchev–Trinajstić information content (AvgIpc) is 2.36. The van der Waals surface area contributed by atoms with E-state index in [1.165, 1.54) is 43.4 Å². The molecular formula is C15H24N2S2. The summed E-state index contributed by atoms with van der Waals surface area (Å²) in [7, 11) is 0. The number of hydrogen-bond acceptors (Lipinski definition) is 3. The van der Waals surface area contributed by atoms with Crippen molar-refractivity contribution in [2.24, 2.45) is 0 Å². The molecule has 1 N–H and O–H groups in total. The fraction of sp³-hybridized carbons (Fsp3) is 0.733. The first kappa shape index (κ1) is 15.0. The maximum atomic E-state index is 5.43. The molecule has 19 heavy (non-hydrogen) atoms. The summed E-state index contributed by atoms with van der Waals surface area (Å²) in [6.45, 7) is 6.45. The van der Waals surface area contributed by atoms with Gasteiger partial charge in [0.1, 0.15) is 10.5 Å². The molecule has 0 spiro atoms. The summed E-state index contributed by atoms with van der Waals surface area (Å²) >= 11 is 7.48. The SMILES string of the molecule is Cc1[nH]c(CSC2CCCCC2)nc(=S)c1C(C)C. The maximum absolute atomic E-state index is 5.43. The minimum atomic E-state index is 0.441. The summed E-state index contributed by atoms with van der Waals surface area (Å²) < 4.78 is 0.783. The van der Waals surface area contributed by atoms with Gasteiger partial charge < -0.3 is 4.98 Å². The molecular weight excluding hydrogens is 272 g/mol. The third-order valence-electron chi connectivity index (χ3n) is 3.79. The predicted molar refractivity (Wildman–Crippen MR) is 86.4 cm³/mol. The zero-order chi connectivity index (χ0) is 13.8. The van der Waals surface area contributed by atoms with E-state index in [0.717, 1.165) is 21.5 Å². The number of rotatable bonds is 4. The van der Waals surface area contributed by atoms with Crippen molar-refractivity contribution in [3.8, 4) is 0 Å². The number of aryl methyl sites for hydroxylation is 1. The van der Waals surface area contributed by atoms with Crippen molar-refractivity contribution >= 4 is 24.0 Å². The highest BCUT2D eigenvalue weighted by Gasteiger charge is 2.15. The molecule has 1 aromatic rings. The van der Waals surface area contributed by atoms with Crippen LogP contribution in [0.2, 0.25) is 0 Å². The molecule has 1 aliphatic rings. The van der Waals surface area contributed by atoms with E-state index in [1.54, 1.807) is 0 Å². The van der Waals surface area contributed by atoms with E-state index in [9.17, 15) is 0 Å². The van der Waals surface area contributed by atoms with Crippen LogP contribution in [0.1, 0.15) is 69.0 Å². The lowest BCUT2D eigenvalue weighted by Gasteiger charge is -2.21. The highest BCUT2D eigenvalue weighted by Crippen LogP contribution is 2.30. The van der Waals surface area contributed by atoms with E-state index in [0.29, 0.717) is 5.92 Å². The van der Waals surface area contributed by atoms with Gasteiger partial charge in [0, 0.05) is 16.5 Å². The maximum Gasteiger partial charge on any atom is 0.133 e. The van der Waals surface area contributed by atoms with Gasteiger partial charge in [-0.3, -0.25) is 0 Å². The van der Waals surface area contributed by atoms with Gasteiger partial charge in [-0.1, -0.05) is 45.3 Å². The van der Waals surface area contributed by atoms with Crippen molar-refractivity contribution in [3.05, 3.63) is 21.7 Å². The summed E-state index contributed by atoms with van der Waals surface area (Å²) in [4.78, 5) is 8.02. The third kappa shape index (κ3) is 4.06. The second-order valence-electron chi connectivity index (χ2n) is 5.75. The fourth-order valence-electron chi connectivity index (χ4n) is 2.83. The lowest BCUT2D eigenvalue weighted by atomic mass is 10.0. The summed E-state index contributed by atoms with van der Waals surface area (Å²) in [5, 5.41) is 0.822. The van der Waals surface area contributed by atoms with Crippen LogP contribution >= 0.6 is 24.0 Å². The Hall–Kier alpha value is -0.350. The van der Waals surface area contributed by atoms with E-state index in [2.05, 4.69) is 30.7 Å². The normalized spacial score (nSPS) is 17.1. The number of nitrogens with one attached hydrogen (secondary N) is 1. The summed E-state index contributed by atoms with van der Waals surface area (Å²) in [6.07, 6.45) is 6.95. The first-order valence-electron chi connectivity index (χ1n) is 7.29. The standard InChI is InChI=1S/C15H24N2S2/c1-10(2)14-11(3)16-13(17-15(14)18)9-19-12-7-5-4-6-8-12/h10,12H,4-9H2,1-3H3,(H,16,17,18). The van der Waals surface area contributed by atoms with Crippen molar-refractivity contribution in [3.63, 3.8) is 0 Å². The average molecular weight is 297 g/mol. The lowest BCUT2D eigenvalue weighted by molar-refractivity contribution is 0.516. The first-order valence-corrected chi connectivity index (χ1v) is 8.75. The fourth-order valence-corrected chi connectivity index (χ4v) is 4.53. The Bertz CT molecular complexity index is 474.